The summed E-state index contributed by atoms with van der Waals surface area (Å²) in [5, 5.41) is 8.57. The molecule has 0 spiro atoms. The fourth-order valence-corrected chi connectivity index (χ4v) is 4.57. The molecule has 0 bridgehead atoms. The maximum Gasteiger partial charge on any atom is 0.295 e. The Morgan fingerprint density at radius 2 is 1.95 bits per heavy atom. The van der Waals surface area contributed by atoms with Gasteiger partial charge in [0.15, 0.2) is 17.3 Å². The molecule has 1 aromatic carbocycles. The first-order valence-electron chi connectivity index (χ1n) is 12.1. The largest absolute Gasteiger partial charge is 0.480 e. The molecule has 1 unspecified atom stereocenters. The van der Waals surface area contributed by atoms with Crippen LogP contribution in [0.15, 0.2) is 46.5 Å². The van der Waals surface area contributed by atoms with E-state index in [0.717, 1.165) is 30.5 Å². The van der Waals surface area contributed by atoms with Gasteiger partial charge < -0.3 is 10.1 Å². The summed E-state index contributed by atoms with van der Waals surface area (Å²) in [7, 11) is 0.0159. The van der Waals surface area contributed by atoms with E-state index in [1.807, 2.05) is 26.0 Å². The lowest BCUT2D eigenvalue weighted by Crippen LogP contribution is -2.28. The number of aromatic nitrogens is 6. The number of nitrogens with one attached hydrogen (secondary N) is 1. The minimum absolute atomic E-state index is 0.128. The van der Waals surface area contributed by atoms with Gasteiger partial charge in [-0.3, -0.25) is 9.36 Å². The molecule has 11 nitrogen and oxygen atoms in total. The first kappa shape index (κ1) is 24.9. The summed E-state index contributed by atoms with van der Waals surface area (Å²) in [6.07, 6.45) is 5.92. The van der Waals surface area contributed by atoms with Gasteiger partial charge in [0.1, 0.15) is 28.4 Å². The van der Waals surface area contributed by atoms with Crippen LogP contribution < -0.4 is 20.8 Å². The first-order valence-corrected chi connectivity index (χ1v) is 13.3. The normalized spacial score (nSPS) is 14.9. The molecule has 37 heavy (non-hydrogen) atoms. The average molecular weight is 521 g/mol. The number of benzene rings is 1. The SMILES string of the molecule is CC[C@@H](C)n1c(=O)c(NCc2ccc(S(N)=O)cc2)nc2cnc(-c3c(OC)ncnc3C3CC3)nc21. The zero-order chi connectivity index (χ0) is 26.1. The predicted molar refractivity (Wildman–Crippen MR) is 141 cm³/mol. The van der Waals surface area contributed by atoms with E-state index in [0.29, 0.717) is 45.8 Å². The molecule has 1 aliphatic rings. The smallest absolute Gasteiger partial charge is 0.295 e. The number of ether oxygens (including phenoxy) is 1. The standard InChI is InChI=1S/C25H28N8O3S/c1-4-14(2)33-23-18(31-22(25(33)34)27-11-15-5-9-17(10-6-15)37(26)35)12-28-21(32-23)19-20(16-7-8-16)29-13-30-24(19)36-3/h5-6,9-10,12-14,16H,4,7-8,11,26H2,1-3H3,(H,27,31)/t14-,37?/m1/s1. The highest BCUT2D eigenvalue weighted by Gasteiger charge is 2.31. The van der Waals surface area contributed by atoms with E-state index in [1.165, 1.54) is 6.33 Å². The van der Waals surface area contributed by atoms with E-state index in [9.17, 15) is 9.00 Å². The zero-order valence-electron chi connectivity index (χ0n) is 20.8. The Bertz CT molecular complexity index is 1540. The van der Waals surface area contributed by atoms with Crippen molar-refractivity contribution < 1.29 is 8.95 Å². The number of hydrogen-bond acceptors (Lipinski definition) is 9. The van der Waals surface area contributed by atoms with Crippen LogP contribution in [0.4, 0.5) is 5.82 Å². The number of anilines is 1. The van der Waals surface area contributed by atoms with Crippen molar-refractivity contribution in [1.82, 2.24) is 29.5 Å². The van der Waals surface area contributed by atoms with Gasteiger partial charge in [0.05, 0.1) is 23.9 Å². The van der Waals surface area contributed by atoms with Crippen molar-refractivity contribution in [2.45, 2.75) is 56.5 Å². The van der Waals surface area contributed by atoms with Crippen molar-refractivity contribution in [3.8, 4) is 17.3 Å². The maximum atomic E-state index is 13.6. The van der Waals surface area contributed by atoms with Crippen LogP contribution in [0.2, 0.25) is 0 Å². The van der Waals surface area contributed by atoms with Crippen molar-refractivity contribution in [3.63, 3.8) is 0 Å². The Labute approximate surface area is 216 Å². The first-order chi connectivity index (χ1) is 17.9. The fourth-order valence-electron chi connectivity index (χ4n) is 4.17. The van der Waals surface area contributed by atoms with E-state index >= 15 is 0 Å². The molecule has 4 aromatic rings. The van der Waals surface area contributed by atoms with E-state index < -0.39 is 11.0 Å². The van der Waals surface area contributed by atoms with Crippen molar-refractivity contribution in [1.29, 1.82) is 0 Å². The molecule has 3 N–H and O–H groups in total. The number of hydrogen-bond donors (Lipinski definition) is 2. The van der Waals surface area contributed by atoms with Crippen LogP contribution in [-0.4, -0.2) is 40.8 Å². The molecular weight excluding hydrogens is 492 g/mol. The van der Waals surface area contributed by atoms with Gasteiger partial charge in [0.25, 0.3) is 5.56 Å². The summed E-state index contributed by atoms with van der Waals surface area (Å²) in [6, 6.07) is 6.89. The second kappa shape index (κ2) is 10.3. The van der Waals surface area contributed by atoms with E-state index in [4.69, 9.17) is 14.9 Å². The van der Waals surface area contributed by atoms with Gasteiger partial charge in [0.2, 0.25) is 5.88 Å². The molecule has 0 saturated heterocycles. The molecule has 192 valence electrons. The van der Waals surface area contributed by atoms with Gasteiger partial charge in [-0.1, -0.05) is 19.1 Å². The third-order valence-electron chi connectivity index (χ3n) is 6.50. The van der Waals surface area contributed by atoms with E-state index in [-0.39, 0.29) is 17.4 Å². The van der Waals surface area contributed by atoms with Crippen LogP contribution in [0.5, 0.6) is 5.88 Å². The highest BCUT2D eigenvalue weighted by Crippen LogP contribution is 2.44. The Morgan fingerprint density at radius 1 is 1.19 bits per heavy atom. The third kappa shape index (κ3) is 4.94. The molecule has 0 amide bonds. The lowest BCUT2D eigenvalue weighted by molar-refractivity contribution is 0.397. The quantitative estimate of drug-likeness (QED) is 0.339. The van der Waals surface area contributed by atoms with Gasteiger partial charge in [-0.2, -0.15) is 0 Å². The zero-order valence-corrected chi connectivity index (χ0v) is 21.7. The number of rotatable bonds is 9. The summed E-state index contributed by atoms with van der Waals surface area (Å²) in [4.78, 5) is 36.8. The summed E-state index contributed by atoms with van der Waals surface area (Å²) in [5.41, 5.74) is 3.06. The van der Waals surface area contributed by atoms with Gasteiger partial charge in [-0.25, -0.2) is 34.3 Å². The van der Waals surface area contributed by atoms with Crippen LogP contribution in [0.25, 0.3) is 22.6 Å². The van der Waals surface area contributed by atoms with Crippen molar-refractivity contribution in [2.75, 3.05) is 12.4 Å². The van der Waals surface area contributed by atoms with Crippen LogP contribution in [0.1, 0.15) is 56.3 Å². The monoisotopic (exact) mass is 520 g/mol. The lowest BCUT2D eigenvalue weighted by Gasteiger charge is -2.18. The Balaban J connectivity index is 1.57. The Kier molecular flexibility index (Phi) is 6.94. The minimum Gasteiger partial charge on any atom is -0.480 e. The molecule has 0 radical (unpaired) electrons. The Morgan fingerprint density at radius 3 is 2.59 bits per heavy atom. The molecule has 5 rings (SSSR count). The number of fused-ring (bicyclic) bond motifs is 1. The maximum absolute atomic E-state index is 13.6. The molecule has 12 heteroatoms. The number of methoxy groups -OCH3 is 1. The second-order valence-corrected chi connectivity index (χ2v) is 10.1. The summed E-state index contributed by atoms with van der Waals surface area (Å²) in [6.45, 7) is 4.34. The fraction of sp³-hybridized carbons (Fsp3) is 0.360. The van der Waals surface area contributed by atoms with Gasteiger partial charge in [-0.05, 0) is 43.9 Å². The summed E-state index contributed by atoms with van der Waals surface area (Å²) < 4.78 is 18.6. The lowest BCUT2D eigenvalue weighted by atomic mass is 10.1. The second-order valence-electron chi connectivity index (χ2n) is 9.01. The van der Waals surface area contributed by atoms with Crippen molar-refractivity contribution in [3.05, 3.63) is 58.4 Å². The molecule has 3 heterocycles. The number of nitrogens with zero attached hydrogens (tertiary/aromatic N) is 6. The van der Waals surface area contributed by atoms with Gasteiger partial charge in [-0.15, -0.1) is 0 Å². The van der Waals surface area contributed by atoms with Crippen LogP contribution >= 0.6 is 0 Å². The van der Waals surface area contributed by atoms with E-state index in [2.05, 4.69) is 25.3 Å². The molecule has 0 aliphatic heterocycles. The minimum atomic E-state index is -1.54. The molecule has 2 atom stereocenters. The highest BCUT2D eigenvalue weighted by molar-refractivity contribution is 7.82. The van der Waals surface area contributed by atoms with Crippen LogP contribution in [-0.2, 0) is 17.5 Å². The topological polar surface area (TPSA) is 151 Å². The molecular formula is C25H28N8O3S. The van der Waals surface area contributed by atoms with Crippen LogP contribution in [0, 0.1) is 0 Å². The molecule has 1 aliphatic carbocycles. The Hall–Kier alpha value is -3.77. The third-order valence-corrected chi connectivity index (χ3v) is 7.24. The average Bonchev–Trinajstić information content (AvgIpc) is 3.76. The van der Waals surface area contributed by atoms with E-state index in [1.54, 1.807) is 30.0 Å². The van der Waals surface area contributed by atoms with Crippen molar-refractivity contribution >= 4 is 28.0 Å². The van der Waals surface area contributed by atoms with Crippen molar-refractivity contribution in [2.24, 2.45) is 5.14 Å². The summed E-state index contributed by atoms with van der Waals surface area (Å²) in [5.74, 6) is 1.34. The molecule has 1 fully saturated rings. The number of nitrogens with two attached hydrogens (primary N) is 1. The highest BCUT2D eigenvalue weighted by atomic mass is 32.2. The van der Waals surface area contributed by atoms with Gasteiger partial charge in [0, 0.05) is 18.5 Å². The predicted octanol–water partition coefficient (Wildman–Crippen LogP) is 3.09. The summed E-state index contributed by atoms with van der Waals surface area (Å²) >= 11 is 0. The molecule has 1 saturated carbocycles. The molecule has 3 aromatic heterocycles. The van der Waals surface area contributed by atoms with Crippen LogP contribution in [0.3, 0.4) is 0 Å². The van der Waals surface area contributed by atoms with Gasteiger partial charge >= 0.3 is 0 Å².